The number of unbranched alkanes of at least 4 members (excludes halogenated alkanes) is 1. The molecule has 0 fully saturated rings. The smallest absolute Gasteiger partial charge is 0.170 e. The second-order valence-corrected chi connectivity index (χ2v) is 6.10. The van der Waals surface area contributed by atoms with E-state index in [9.17, 15) is 0 Å². The summed E-state index contributed by atoms with van der Waals surface area (Å²) < 4.78 is 0. The molecule has 0 aliphatic rings. The Bertz CT molecular complexity index is 614. The van der Waals surface area contributed by atoms with Gasteiger partial charge in [0.15, 0.2) is 5.11 Å². The molecule has 116 valence electrons. The van der Waals surface area contributed by atoms with E-state index in [0.717, 1.165) is 42.1 Å². The number of halogens is 1. The normalized spacial score (nSPS) is 10.3. The zero-order chi connectivity index (χ0) is 15.8. The van der Waals surface area contributed by atoms with Gasteiger partial charge in [-0.25, -0.2) is 0 Å². The van der Waals surface area contributed by atoms with E-state index in [4.69, 9.17) is 23.8 Å². The molecule has 0 unspecified atom stereocenters. The Morgan fingerprint density at radius 3 is 2.59 bits per heavy atom. The monoisotopic (exact) mass is 332 g/mol. The predicted molar refractivity (Wildman–Crippen MR) is 99.8 cm³/mol. The van der Waals surface area contributed by atoms with Crippen LogP contribution in [0.4, 0.5) is 5.69 Å². The summed E-state index contributed by atoms with van der Waals surface area (Å²) in [5.74, 6) is 0. The minimum atomic E-state index is 0.639. The van der Waals surface area contributed by atoms with E-state index < -0.39 is 0 Å². The van der Waals surface area contributed by atoms with E-state index in [-0.39, 0.29) is 0 Å². The number of anilines is 1. The van der Waals surface area contributed by atoms with Crippen molar-refractivity contribution in [3.63, 3.8) is 0 Å². The maximum absolute atomic E-state index is 6.10. The fourth-order valence-corrected chi connectivity index (χ4v) is 2.55. The van der Waals surface area contributed by atoms with Crippen molar-refractivity contribution in [3.8, 4) is 0 Å². The van der Waals surface area contributed by atoms with E-state index in [2.05, 4.69) is 34.9 Å². The van der Waals surface area contributed by atoms with Gasteiger partial charge in [0.1, 0.15) is 0 Å². The summed E-state index contributed by atoms with van der Waals surface area (Å²) in [4.78, 5) is 0. The molecule has 2 aromatic carbocycles. The fourth-order valence-electron chi connectivity index (χ4n) is 2.15. The molecule has 2 nitrogen and oxygen atoms in total. The van der Waals surface area contributed by atoms with Crippen molar-refractivity contribution in [3.05, 3.63) is 64.7 Å². The Morgan fingerprint density at radius 1 is 1.09 bits per heavy atom. The third kappa shape index (κ3) is 5.66. The van der Waals surface area contributed by atoms with Crippen LogP contribution in [-0.4, -0.2) is 11.7 Å². The van der Waals surface area contributed by atoms with Gasteiger partial charge in [-0.1, -0.05) is 48.0 Å². The molecule has 0 radical (unpaired) electrons. The largest absolute Gasteiger partial charge is 0.362 e. The van der Waals surface area contributed by atoms with Gasteiger partial charge in [0, 0.05) is 17.3 Å². The van der Waals surface area contributed by atoms with Crippen molar-refractivity contribution in [1.82, 2.24) is 5.32 Å². The Balaban J connectivity index is 1.64. The summed E-state index contributed by atoms with van der Waals surface area (Å²) in [5, 5.41) is 7.77. The summed E-state index contributed by atoms with van der Waals surface area (Å²) in [6.45, 7) is 2.85. The first kappa shape index (κ1) is 16.8. The SMILES string of the molecule is Cc1ccc(NC(=S)NCCCCc2ccccc2)cc1Cl. The van der Waals surface area contributed by atoms with Gasteiger partial charge in [-0.15, -0.1) is 0 Å². The molecule has 0 heterocycles. The van der Waals surface area contributed by atoms with Crippen LogP contribution in [0.1, 0.15) is 24.0 Å². The van der Waals surface area contributed by atoms with Gasteiger partial charge in [0.2, 0.25) is 0 Å². The van der Waals surface area contributed by atoms with Crippen molar-refractivity contribution in [1.29, 1.82) is 0 Å². The highest BCUT2D eigenvalue weighted by Gasteiger charge is 2.00. The molecule has 22 heavy (non-hydrogen) atoms. The van der Waals surface area contributed by atoms with Crippen LogP contribution in [0.15, 0.2) is 48.5 Å². The van der Waals surface area contributed by atoms with E-state index in [1.165, 1.54) is 5.56 Å². The Kier molecular flexibility index (Phi) is 6.69. The highest BCUT2D eigenvalue weighted by Crippen LogP contribution is 2.19. The van der Waals surface area contributed by atoms with Gasteiger partial charge in [0.25, 0.3) is 0 Å². The standard InChI is InChI=1S/C18H21ClN2S/c1-14-10-11-16(13-17(14)19)21-18(22)20-12-6-5-9-15-7-3-2-4-8-15/h2-4,7-8,10-11,13H,5-6,9,12H2,1H3,(H2,20,21,22). The average Bonchev–Trinajstić information content (AvgIpc) is 2.52. The molecule has 0 spiro atoms. The van der Waals surface area contributed by atoms with Crippen LogP contribution in [0.3, 0.4) is 0 Å². The van der Waals surface area contributed by atoms with E-state index in [1.54, 1.807) is 0 Å². The molecule has 0 aliphatic carbocycles. The third-order valence-corrected chi connectivity index (χ3v) is 4.10. The Hall–Kier alpha value is -1.58. The van der Waals surface area contributed by atoms with E-state index >= 15 is 0 Å². The third-order valence-electron chi connectivity index (χ3n) is 3.45. The molecule has 0 amide bonds. The quantitative estimate of drug-likeness (QED) is 0.577. The first-order valence-electron chi connectivity index (χ1n) is 7.50. The number of aryl methyl sites for hydroxylation is 2. The van der Waals surface area contributed by atoms with Gasteiger partial charge < -0.3 is 10.6 Å². The summed E-state index contributed by atoms with van der Waals surface area (Å²) >= 11 is 11.4. The second-order valence-electron chi connectivity index (χ2n) is 5.29. The van der Waals surface area contributed by atoms with Crippen LogP contribution in [0.5, 0.6) is 0 Å². The highest BCUT2D eigenvalue weighted by atomic mass is 35.5. The first-order chi connectivity index (χ1) is 10.6. The topological polar surface area (TPSA) is 24.1 Å². The highest BCUT2D eigenvalue weighted by molar-refractivity contribution is 7.80. The molecule has 0 aliphatic heterocycles. The van der Waals surface area contributed by atoms with Gasteiger partial charge in [-0.05, 0) is 61.7 Å². The summed E-state index contributed by atoms with van der Waals surface area (Å²) in [7, 11) is 0. The molecule has 0 bridgehead atoms. The minimum Gasteiger partial charge on any atom is -0.362 e. The average molecular weight is 333 g/mol. The van der Waals surface area contributed by atoms with Crippen LogP contribution in [0, 0.1) is 6.92 Å². The first-order valence-corrected chi connectivity index (χ1v) is 8.29. The predicted octanol–water partition coefficient (Wildman–Crippen LogP) is 4.96. The van der Waals surface area contributed by atoms with Crippen LogP contribution in [0.25, 0.3) is 0 Å². The summed E-state index contributed by atoms with van der Waals surface area (Å²) in [6, 6.07) is 16.4. The molecule has 2 aromatic rings. The maximum Gasteiger partial charge on any atom is 0.170 e. The lowest BCUT2D eigenvalue weighted by Crippen LogP contribution is -2.29. The molecule has 0 aromatic heterocycles. The van der Waals surface area contributed by atoms with Gasteiger partial charge in [-0.3, -0.25) is 0 Å². The number of nitrogens with one attached hydrogen (secondary N) is 2. The number of thiocarbonyl (C=S) groups is 1. The number of hydrogen-bond donors (Lipinski definition) is 2. The molecule has 0 saturated carbocycles. The van der Waals surface area contributed by atoms with E-state index in [1.807, 2.05) is 31.2 Å². The lowest BCUT2D eigenvalue weighted by Gasteiger charge is -2.11. The van der Waals surface area contributed by atoms with Crippen molar-refractivity contribution in [2.75, 3.05) is 11.9 Å². The second kappa shape index (κ2) is 8.76. The summed E-state index contributed by atoms with van der Waals surface area (Å²) in [6.07, 6.45) is 3.34. The lowest BCUT2D eigenvalue weighted by atomic mass is 10.1. The van der Waals surface area contributed by atoms with Gasteiger partial charge in [0.05, 0.1) is 0 Å². The molecule has 4 heteroatoms. The number of benzene rings is 2. The van der Waals surface area contributed by atoms with Gasteiger partial charge >= 0.3 is 0 Å². The Morgan fingerprint density at radius 2 is 1.86 bits per heavy atom. The van der Waals surface area contributed by atoms with Crippen molar-refractivity contribution >= 4 is 34.6 Å². The number of hydrogen-bond acceptors (Lipinski definition) is 1. The van der Waals surface area contributed by atoms with Crippen molar-refractivity contribution in [2.45, 2.75) is 26.2 Å². The zero-order valence-corrected chi connectivity index (χ0v) is 14.3. The molecule has 2 N–H and O–H groups in total. The molecule has 0 saturated heterocycles. The number of rotatable bonds is 6. The molecule has 2 rings (SSSR count). The van der Waals surface area contributed by atoms with Crippen LogP contribution >= 0.6 is 23.8 Å². The van der Waals surface area contributed by atoms with Crippen molar-refractivity contribution in [2.24, 2.45) is 0 Å². The van der Waals surface area contributed by atoms with Crippen LogP contribution in [-0.2, 0) is 6.42 Å². The zero-order valence-electron chi connectivity index (χ0n) is 12.7. The molecular weight excluding hydrogens is 312 g/mol. The van der Waals surface area contributed by atoms with Crippen LogP contribution in [0.2, 0.25) is 5.02 Å². The Labute approximate surface area is 142 Å². The maximum atomic E-state index is 6.10. The molecular formula is C18H21ClN2S. The minimum absolute atomic E-state index is 0.639. The van der Waals surface area contributed by atoms with Crippen LogP contribution < -0.4 is 10.6 Å². The molecule has 0 atom stereocenters. The van der Waals surface area contributed by atoms with Crippen molar-refractivity contribution < 1.29 is 0 Å². The van der Waals surface area contributed by atoms with Gasteiger partial charge in [-0.2, -0.15) is 0 Å². The lowest BCUT2D eigenvalue weighted by molar-refractivity contribution is 0.711. The summed E-state index contributed by atoms with van der Waals surface area (Å²) in [5.41, 5.74) is 3.36. The van der Waals surface area contributed by atoms with E-state index in [0.29, 0.717) is 5.11 Å². The fraction of sp³-hybridized carbons (Fsp3) is 0.278.